The van der Waals surface area contributed by atoms with Crippen LogP contribution in [0.3, 0.4) is 0 Å². The van der Waals surface area contributed by atoms with Gasteiger partial charge < -0.3 is 9.13 Å². The Balaban J connectivity index is 1.40. The van der Waals surface area contributed by atoms with Gasteiger partial charge in [0.25, 0.3) is 0 Å². The van der Waals surface area contributed by atoms with E-state index in [1.807, 2.05) is 146 Å². The first-order valence-corrected chi connectivity index (χ1v) is 17.1. The Morgan fingerprint density at radius 1 is 0.317 bits per heavy atom. The molecular weight excluding hydrogens is 538 g/mol. The molecule has 0 radical (unpaired) electrons. The van der Waals surface area contributed by atoms with Crippen molar-refractivity contribution in [3.8, 4) is 0 Å². The van der Waals surface area contributed by atoms with Gasteiger partial charge in [-0.1, -0.05) is 158 Å². The molecule has 0 aliphatic rings. The Bertz CT molecular complexity index is 1630. The fourth-order valence-electron chi connectivity index (χ4n) is 5.41. The molecule has 0 atom stereocenters. The van der Waals surface area contributed by atoms with Crippen LogP contribution in [0, 0.1) is 0 Å². The zero-order valence-corrected chi connectivity index (χ0v) is 24.4. The molecule has 0 aromatic heterocycles. The van der Waals surface area contributed by atoms with E-state index in [0.717, 1.165) is 43.0 Å². The first kappa shape index (κ1) is 27.0. The summed E-state index contributed by atoms with van der Waals surface area (Å²) in [6, 6.07) is 55.2. The van der Waals surface area contributed by atoms with Crippen LogP contribution in [0.15, 0.2) is 170 Å². The van der Waals surface area contributed by atoms with Crippen molar-refractivity contribution in [3.63, 3.8) is 0 Å². The monoisotopic (exact) mass is 568 g/mol. The summed E-state index contributed by atoms with van der Waals surface area (Å²) in [6.45, 7) is 0. The van der Waals surface area contributed by atoms with E-state index in [4.69, 9.17) is 0 Å². The standard InChI is InChI=1S/C37H30O2P2/c38-40(32-17-5-1-6-18-32,33-19-7-2-8-20-33)36-25-13-15-30(28-36)27-31-16-14-26-37(29-31)41(39,34-21-9-3-10-22-34)35-23-11-4-12-24-35/h1-26,28-29H,27H2. The first-order chi connectivity index (χ1) is 20.1. The number of hydrogen-bond donors (Lipinski definition) is 0. The molecule has 0 saturated carbocycles. The lowest BCUT2D eigenvalue weighted by Crippen LogP contribution is -2.25. The van der Waals surface area contributed by atoms with Crippen LogP contribution >= 0.6 is 14.3 Å². The van der Waals surface area contributed by atoms with Gasteiger partial charge in [-0.15, -0.1) is 0 Å². The van der Waals surface area contributed by atoms with Crippen LogP contribution in [-0.4, -0.2) is 0 Å². The highest BCUT2D eigenvalue weighted by molar-refractivity contribution is 7.85. The van der Waals surface area contributed by atoms with Crippen molar-refractivity contribution in [2.45, 2.75) is 6.42 Å². The summed E-state index contributed by atoms with van der Waals surface area (Å²) < 4.78 is 29.8. The van der Waals surface area contributed by atoms with Crippen LogP contribution < -0.4 is 31.8 Å². The van der Waals surface area contributed by atoms with Crippen LogP contribution in [0.25, 0.3) is 0 Å². The summed E-state index contributed by atoms with van der Waals surface area (Å²) in [5.41, 5.74) is 2.11. The quantitative estimate of drug-likeness (QED) is 0.195. The largest absolute Gasteiger partial charge is 0.309 e. The van der Waals surface area contributed by atoms with Crippen molar-refractivity contribution in [2.75, 3.05) is 0 Å². The first-order valence-electron chi connectivity index (χ1n) is 13.7. The highest BCUT2D eigenvalue weighted by atomic mass is 31.2. The average Bonchev–Trinajstić information content (AvgIpc) is 3.06. The molecule has 200 valence electrons. The maximum absolute atomic E-state index is 14.9. The van der Waals surface area contributed by atoms with Gasteiger partial charge in [-0.3, -0.25) is 0 Å². The van der Waals surface area contributed by atoms with Crippen molar-refractivity contribution in [2.24, 2.45) is 0 Å². The van der Waals surface area contributed by atoms with Gasteiger partial charge >= 0.3 is 0 Å². The second-order valence-corrected chi connectivity index (χ2v) is 15.6. The summed E-state index contributed by atoms with van der Waals surface area (Å²) in [4.78, 5) is 0. The van der Waals surface area contributed by atoms with E-state index in [9.17, 15) is 9.13 Å². The van der Waals surface area contributed by atoms with Crippen molar-refractivity contribution in [3.05, 3.63) is 181 Å². The summed E-state index contributed by atoms with van der Waals surface area (Å²) in [7, 11) is -6.14. The fourth-order valence-corrected chi connectivity index (χ4v) is 10.9. The van der Waals surface area contributed by atoms with E-state index in [-0.39, 0.29) is 0 Å². The Morgan fingerprint density at radius 2 is 0.585 bits per heavy atom. The molecule has 0 amide bonds. The minimum atomic E-state index is -3.07. The van der Waals surface area contributed by atoms with Gasteiger partial charge in [-0.2, -0.15) is 0 Å². The molecular formula is C37H30O2P2. The molecule has 0 aliphatic heterocycles. The molecule has 41 heavy (non-hydrogen) atoms. The number of hydrogen-bond acceptors (Lipinski definition) is 2. The van der Waals surface area contributed by atoms with Crippen molar-refractivity contribution < 1.29 is 9.13 Å². The maximum atomic E-state index is 14.9. The Hall–Kier alpha value is -4.22. The maximum Gasteiger partial charge on any atom is 0.171 e. The normalized spacial score (nSPS) is 11.7. The lowest BCUT2D eigenvalue weighted by Gasteiger charge is -2.21. The van der Waals surface area contributed by atoms with E-state index >= 15 is 0 Å². The minimum absolute atomic E-state index is 0.634. The van der Waals surface area contributed by atoms with Gasteiger partial charge in [-0.25, -0.2) is 0 Å². The molecule has 0 bridgehead atoms. The summed E-state index contributed by atoms with van der Waals surface area (Å²) >= 11 is 0. The molecule has 6 rings (SSSR count). The SMILES string of the molecule is O=P(c1ccccc1)(c1ccccc1)c1cccc(Cc2cccc(P(=O)(c3ccccc3)c3ccccc3)c2)c1. The summed E-state index contributed by atoms with van der Waals surface area (Å²) in [5, 5.41) is 4.88. The molecule has 2 nitrogen and oxygen atoms in total. The van der Waals surface area contributed by atoms with Crippen molar-refractivity contribution >= 4 is 46.1 Å². The molecule has 0 heterocycles. The highest BCUT2D eigenvalue weighted by Crippen LogP contribution is 2.43. The van der Waals surface area contributed by atoms with Crippen LogP contribution in [0.1, 0.15) is 11.1 Å². The fraction of sp³-hybridized carbons (Fsp3) is 0.0270. The Labute approximate surface area is 242 Å². The van der Waals surface area contributed by atoms with Gasteiger partial charge in [0.1, 0.15) is 0 Å². The highest BCUT2D eigenvalue weighted by Gasteiger charge is 2.31. The molecule has 0 aliphatic carbocycles. The van der Waals surface area contributed by atoms with Crippen LogP contribution in [-0.2, 0) is 15.6 Å². The number of rotatable bonds is 8. The number of benzene rings is 6. The summed E-state index contributed by atoms with van der Waals surface area (Å²) in [5.74, 6) is 0. The molecule has 0 fully saturated rings. The zero-order valence-electron chi connectivity index (χ0n) is 22.6. The van der Waals surface area contributed by atoms with Gasteiger partial charge in [0, 0.05) is 31.8 Å². The Kier molecular flexibility index (Phi) is 7.71. The van der Waals surface area contributed by atoms with Crippen LogP contribution in [0.5, 0.6) is 0 Å². The third-order valence-electron chi connectivity index (χ3n) is 7.44. The molecule has 6 aromatic rings. The second-order valence-electron chi connectivity index (χ2n) is 10.1. The van der Waals surface area contributed by atoms with Crippen molar-refractivity contribution in [1.82, 2.24) is 0 Å². The zero-order chi connectivity index (χ0) is 28.1. The van der Waals surface area contributed by atoms with Gasteiger partial charge in [-0.05, 0) is 29.7 Å². The lowest BCUT2D eigenvalue weighted by molar-refractivity contribution is 0.591. The van der Waals surface area contributed by atoms with E-state index < -0.39 is 14.3 Å². The van der Waals surface area contributed by atoms with Crippen molar-refractivity contribution in [1.29, 1.82) is 0 Å². The topological polar surface area (TPSA) is 34.1 Å². The lowest BCUT2D eigenvalue weighted by atomic mass is 10.1. The second kappa shape index (κ2) is 11.7. The molecule has 0 spiro atoms. The van der Waals surface area contributed by atoms with E-state index in [0.29, 0.717) is 6.42 Å². The smallest absolute Gasteiger partial charge is 0.171 e. The predicted octanol–water partition coefficient (Wildman–Crippen LogP) is 6.56. The van der Waals surface area contributed by atoms with Crippen LogP contribution in [0.2, 0.25) is 0 Å². The average molecular weight is 569 g/mol. The third-order valence-corrected chi connectivity index (χ3v) is 13.5. The summed E-state index contributed by atoms with van der Waals surface area (Å²) in [6.07, 6.45) is 0.634. The van der Waals surface area contributed by atoms with E-state index in [2.05, 4.69) is 24.3 Å². The Morgan fingerprint density at radius 3 is 0.878 bits per heavy atom. The molecule has 0 N–H and O–H groups in total. The van der Waals surface area contributed by atoms with E-state index in [1.165, 1.54) is 0 Å². The molecule has 0 unspecified atom stereocenters. The third kappa shape index (κ3) is 5.30. The predicted molar refractivity (Wildman–Crippen MR) is 174 cm³/mol. The van der Waals surface area contributed by atoms with Gasteiger partial charge in [0.2, 0.25) is 0 Å². The van der Waals surface area contributed by atoms with Crippen LogP contribution in [0.4, 0.5) is 0 Å². The minimum Gasteiger partial charge on any atom is -0.309 e. The molecule has 0 saturated heterocycles. The van der Waals surface area contributed by atoms with E-state index in [1.54, 1.807) is 0 Å². The van der Waals surface area contributed by atoms with Gasteiger partial charge in [0.05, 0.1) is 0 Å². The molecule has 6 aromatic carbocycles. The molecule has 4 heteroatoms. The van der Waals surface area contributed by atoms with Gasteiger partial charge in [0.15, 0.2) is 14.3 Å².